The lowest BCUT2D eigenvalue weighted by Crippen LogP contribution is -2.46. The van der Waals surface area contributed by atoms with Crippen molar-refractivity contribution in [3.8, 4) is 22.6 Å². The molecule has 0 bridgehead atoms. The van der Waals surface area contributed by atoms with Gasteiger partial charge in [0.05, 0.1) is 42.5 Å². The number of rotatable bonds is 8. The SMILES string of the molecule is COc1ccc(NC(=O)C2C3C2C3(O)C(O)C2C3C2N3C(=O)OCC2c3ccccc3-c3ccccc32)c(O)c1C(N)=O. The van der Waals surface area contributed by atoms with Gasteiger partial charge in [-0.1, -0.05) is 48.5 Å². The van der Waals surface area contributed by atoms with E-state index in [0.717, 1.165) is 22.3 Å². The summed E-state index contributed by atoms with van der Waals surface area (Å²) in [4.78, 5) is 39.0. The molecule has 1 aliphatic heterocycles. The van der Waals surface area contributed by atoms with Crippen LogP contribution in [-0.4, -0.2) is 75.6 Å². The summed E-state index contributed by atoms with van der Waals surface area (Å²) >= 11 is 0. The fraction of sp³-hybridized carbons (Fsp3) is 0.344. The van der Waals surface area contributed by atoms with Gasteiger partial charge in [0.15, 0.2) is 5.75 Å². The molecule has 6 N–H and O–H groups in total. The first-order chi connectivity index (χ1) is 20.7. The zero-order valence-corrected chi connectivity index (χ0v) is 23.0. The van der Waals surface area contributed by atoms with Crippen molar-refractivity contribution < 1.29 is 39.2 Å². The standard InChI is InChI=1S/C32H29N3O8/c1-42-19-11-10-18(27(36)20(19)29(33)38)34-30(39)21-23-24(21)32(23,41)28(37)22-25-26(22)35(25)31(40)43-12-17-15-8-4-2-6-13(15)14-7-3-5-9-16(14)17/h2-11,17,21-26,28,36-37,41H,12H2,1H3,(H2,33,38)(H,34,39). The van der Waals surface area contributed by atoms with Gasteiger partial charge in [0, 0.05) is 23.7 Å². The Morgan fingerprint density at radius 3 is 2.19 bits per heavy atom. The molecule has 0 aromatic heterocycles. The number of primary amides is 1. The number of carbonyl (C=O) groups is 3. The van der Waals surface area contributed by atoms with E-state index in [-0.39, 0.29) is 47.5 Å². The third kappa shape index (κ3) is 3.52. The van der Waals surface area contributed by atoms with E-state index in [4.69, 9.17) is 15.2 Å². The molecule has 0 radical (unpaired) electrons. The van der Waals surface area contributed by atoms with Crippen molar-refractivity contribution in [3.63, 3.8) is 0 Å². The number of nitrogens with two attached hydrogens (primary N) is 1. The van der Waals surface area contributed by atoms with Gasteiger partial charge in [0.2, 0.25) is 5.91 Å². The third-order valence-corrected chi connectivity index (χ3v) is 10.1. The molecule has 8 rings (SSSR count). The van der Waals surface area contributed by atoms with Crippen LogP contribution in [0.5, 0.6) is 11.5 Å². The van der Waals surface area contributed by atoms with Crippen LogP contribution in [0.25, 0.3) is 11.1 Å². The molecular weight excluding hydrogens is 554 g/mol. The van der Waals surface area contributed by atoms with Gasteiger partial charge in [-0.3, -0.25) is 14.5 Å². The largest absolute Gasteiger partial charge is 0.505 e. The number of fused-ring (bicyclic) bond motifs is 5. The minimum atomic E-state index is -1.38. The van der Waals surface area contributed by atoms with Gasteiger partial charge in [-0.2, -0.15) is 0 Å². The third-order valence-electron chi connectivity index (χ3n) is 10.1. The van der Waals surface area contributed by atoms with Crippen molar-refractivity contribution in [1.29, 1.82) is 0 Å². The fourth-order valence-electron chi connectivity index (χ4n) is 7.67. The lowest BCUT2D eigenvalue weighted by atomic mass is 9.90. The lowest BCUT2D eigenvalue weighted by molar-refractivity contribution is -0.125. The highest BCUT2D eigenvalue weighted by atomic mass is 16.6. The quantitative estimate of drug-likeness (QED) is 0.198. The number of aromatic hydroxyl groups is 1. The summed E-state index contributed by atoms with van der Waals surface area (Å²) in [6, 6.07) is 18.7. The monoisotopic (exact) mass is 583 g/mol. The number of phenols is 1. The number of nitrogens with zero attached hydrogens (tertiary/aromatic N) is 1. The molecule has 3 saturated carbocycles. The Kier molecular flexibility index (Phi) is 5.28. The van der Waals surface area contributed by atoms with E-state index in [9.17, 15) is 29.7 Å². The zero-order chi connectivity index (χ0) is 29.9. The highest BCUT2D eigenvalue weighted by molar-refractivity contribution is 6.04. The summed E-state index contributed by atoms with van der Waals surface area (Å²) in [6.45, 7) is 0.214. The topological polar surface area (TPSA) is 171 Å². The minimum Gasteiger partial charge on any atom is -0.505 e. The van der Waals surface area contributed by atoms with E-state index in [2.05, 4.69) is 29.6 Å². The summed E-state index contributed by atoms with van der Waals surface area (Å²) in [5.41, 5.74) is 8.26. The van der Waals surface area contributed by atoms with Gasteiger partial charge >= 0.3 is 6.09 Å². The van der Waals surface area contributed by atoms with Crippen molar-refractivity contribution in [2.75, 3.05) is 19.0 Å². The molecule has 43 heavy (non-hydrogen) atoms. The van der Waals surface area contributed by atoms with Crippen molar-refractivity contribution in [2.24, 2.45) is 29.4 Å². The second-order valence-corrected chi connectivity index (χ2v) is 12.1. The maximum Gasteiger partial charge on any atom is 0.410 e. The number of benzene rings is 3. The van der Waals surface area contributed by atoms with E-state index in [1.807, 2.05) is 24.3 Å². The van der Waals surface area contributed by atoms with E-state index in [0.29, 0.717) is 0 Å². The van der Waals surface area contributed by atoms with Crippen LogP contribution in [0.1, 0.15) is 27.4 Å². The summed E-state index contributed by atoms with van der Waals surface area (Å²) in [7, 11) is 1.32. The Hall–Kier alpha value is -4.61. The van der Waals surface area contributed by atoms with Gasteiger partial charge < -0.3 is 35.8 Å². The number of aliphatic hydroxyl groups is 2. The van der Waals surface area contributed by atoms with Gasteiger partial charge in [-0.25, -0.2) is 4.79 Å². The second kappa shape index (κ2) is 8.71. The first kappa shape index (κ1) is 26.1. The smallest absolute Gasteiger partial charge is 0.410 e. The number of ether oxygens (including phenoxy) is 2. The summed E-state index contributed by atoms with van der Waals surface area (Å²) in [5, 5.41) is 35.0. The molecule has 3 aromatic rings. The van der Waals surface area contributed by atoms with Crippen LogP contribution in [0.4, 0.5) is 10.5 Å². The molecule has 220 valence electrons. The van der Waals surface area contributed by atoms with Crippen LogP contribution < -0.4 is 15.8 Å². The Labute approximate surface area is 245 Å². The fourth-order valence-corrected chi connectivity index (χ4v) is 7.67. The Balaban J connectivity index is 0.848. The van der Waals surface area contributed by atoms with Crippen LogP contribution in [-0.2, 0) is 9.53 Å². The van der Waals surface area contributed by atoms with Crippen LogP contribution in [0, 0.1) is 23.7 Å². The molecule has 5 atom stereocenters. The van der Waals surface area contributed by atoms with Gasteiger partial charge in [0.25, 0.3) is 5.91 Å². The zero-order valence-electron chi connectivity index (χ0n) is 23.0. The molecule has 5 aliphatic rings. The number of amides is 3. The number of aliphatic hydroxyl groups excluding tert-OH is 1. The molecule has 3 aromatic carbocycles. The van der Waals surface area contributed by atoms with Gasteiger partial charge in [0.1, 0.15) is 17.9 Å². The molecule has 3 amide bonds. The molecular formula is C32H29N3O8. The number of hydrogen-bond donors (Lipinski definition) is 5. The van der Waals surface area contributed by atoms with Crippen molar-refractivity contribution in [1.82, 2.24) is 4.90 Å². The number of anilines is 1. The minimum absolute atomic E-state index is 0.00263. The maximum atomic E-state index is 12.8. The Morgan fingerprint density at radius 2 is 1.60 bits per heavy atom. The van der Waals surface area contributed by atoms with Gasteiger partial charge in [-0.15, -0.1) is 0 Å². The molecule has 4 aliphatic carbocycles. The van der Waals surface area contributed by atoms with Gasteiger partial charge in [-0.05, 0) is 34.4 Å². The summed E-state index contributed by atoms with van der Waals surface area (Å²) in [5.74, 6) is -3.45. The average molecular weight is 584 g/mol. The van der Waals surface area contributed by atoms with Crippen LogP contribution in [0.2, 0.25) is 0 Å². The van der Waals surface area contributed by atoms with Crippen molar-refractivity contribution >= 4 is 23.6 Å². The molecule has 11 nitrogen and oxygen atoms in total. The number of carbonyl (C=O) groups excluding carboxylic acids is 3. The number of nitrogens with one attached hydrogen (secondary N) is 1. The van der Waals surface area contributed by atoms with Crippen molar-refractivity contribution in [2.45, 2.75) is 29.7 Å². The first-order valence-corrected chi connectivity index (χ1v) is 14.2. The molecule has 5 unspecified atom stereocenters. The van der Waals surface area contributed by atoms with Crippen molar-refractivity contribution in [3.05, 3.63) is 77.4 Å². The number of likely N-dealkylation sites (tertiary alicyclic amines) is 1. The summed E-state index contributed by atoms with van der Waals surface area (Å²) in [6.07, 6.45) is -1.49. The van der Waals surface area contributed by atoms with E-state index in [1.54, 1.807) is 4.90 Å². The second-order valence-electron chi connectivity index (χ2n) is 12.1. The predicted octanol–water partition coefficient (Wildman–Crippen LogP) is 2.04. The Bertz CT molecular complexity index is 1680. The Morgan fingerprint density at radius 1 is 1.00 bits per heavy atom. The summed E-state index contributed by atoms with van der Waals surface area (Å²) < 4.78 is 10.8. The van der Waals surface area contributed by atoms with Crippen LogP contribution >= 0.6 is 0 Å². The average Bonchev–Trinajstić information content (AvgIpc) is 3.88. The van der Waals surface area contributed by atoms with Crippen LogP contribution in [0.15, 0.2) is 60.7 Å². The van der Waals surface area contributed by atoms with E-state index in [1.165, 1.54) is 19.2 Å². The highest BCUT2D eigenvalue weighted by Gasteiger charge is 2.92. The highest BCUT2D eigenvalue weighted by Crippen LogP contribution is 2.79. The van der Waals surface area contributed by atoms with E-state index >= 15 is 0 Å². The predicted molar refractivity (Wildman–Crippen MR) is 151 cm³/mol. The van der Waals surface area contributed by atoms with Crippen LogP contribution in [0.3, 0.4) is 0 Å². The number of methoxy groups -OCH3 is 1. The van der Waals surface area contributed by atoms with E-state index < -0.39 is 53.1 Å². The number of hydrogen-bond acceptors (Lipinski definition) is 8. The molecule has 11 heteroatoms. The normalized spacial score (nSPS) is 30.6. The first-order valence-electron chi connectivity index (χ1n) is 14.2. The lowest BCUT2D eigenvalue weighted by Gasteiger charge is -2.29. The maximum absolute atomic E-state index is 12.8. The molecule has 1 heterocycles. The molecule has 1 saturated heterocycles. The molecule has 0 spiro atoms. The molecule has 4 fully saturated rings.